The van der Waals surface area contributed by atoms with Crippen molar-refractivity contribution in [1.29, 1.82) is 0 Å². The highest BCUT2D eigenvalue weighted by Crippen LogP contribution is 2.29. The molecule has 1 aliphatic rings. The van der Waals surface area contributed by atoms with Gasteiger partial charge < -0.3 is 15.8 Å². The molecule has 4 aromatic rings. The Labute approximate surface area is 158 Å². The van der Waals surface area contributed by atoms with E-state index in [0.717, 1.165) is 0 Å². The number of imidazole rings is 1. The van der Waals surface area contributed by atoms with E-state index in [0.29, 0.717) is 59.5 Å². The SMILES string of the molecule is Cc1nc(N)cc(-c2c(Nc3ccn(C4=NCCO4)n3)nc3cccnn23)n1. The minimum Gasteiger partial charge on any atom is -0.462 e. The van der Waals surface area contributed by atoms with Gasteiger partial charge in [-0.1, -0.05) is 0 Å². The summed E-state index contributed by atoms with van der Waals surface area (Å²) >= 11 is 0. The number of hydrogen-bond donors (Lipinski definition) is 2. The molecule has 5 rings (SSSR count). The molecule has 0 saturated carbocycles. The lowest BCUT2D eigenvalue weighted by atomic mass is 10.3. The summed E-state index contributed by atoms with van der Waals surface area (Å²) < 4.78 is 8.71. The fraction of sp³-hybridized carbons (Fsp3) is 0.176. The number of hydrogen-bond acceptors (Lipinski definition) is 9. The van der Waals surface area contributed by atoms with Crippen LogP contribution in [0.5, 0.6) is 0 Å². The summed E-state index contributed by atoms with van der Waals surface area (Å²) in [4.78, 5) is 17.5. The third kappa shape index (κ3) is 2.78. The van der Waals surface area contributed by atoms with Crippen LogP contribution < -0.4 is 11.1 Å². The Bertz CT molecular complexity index is 1190. The van der Waals surface area contributed by atoms with E-state index < -0.39 is 0 Å². The molecular formula is C17H16N10O. The van der Waals surface area contributed by atoms with E-state index in [9.17, 15) is 0 Å². The van der Waals surface area contributed by atoms with Crippen LogP contribution in [0, 0.1) is 6.92 Å². The van der Waals surface area contributed by atoms with Crippen LogP contribution in [0.3, 0.4) is 0 Å². The molecule has 0 bridgehead atoms. The van der Waals surface area contributed by atoms with Crippen molar-refractivity contribution < 1.29 is 4.74 Å². The number of aromatic nitrogens is 7. The molecule has 4 aromatic heterocycles. The largest absolute Gasteiger partial charge is 0.462 e. The first-order valence-corrected chi connectivity index (χ1v) is 8.63. The van der Waals surface area contributed by atoms with Crippen LogP contribution in [-0.2, 0) is 4.74 Å². The van der Waals surface area contributed by atoms with Crippen LogP contribution in [0.2, 0.25) is 0 Å². The molecule has 11 nitrogen and oxygen atoms in total. The zero-order valence-corrected chi connectivity index (χ0v) is 14.9. The highest BCUT2D eigenvalue weighted by atomic mass is 16.5. The first-order chi connectivity index (χ1) is 13.7. The molecule has 3 N–H and O–H groups in total. The van der Waals surface area contributed by atoms with Crippen LogP contribution in [0.25, 0.3) is 17.0 Å². The Kier molecular flexibility index (Phi) is 3.64. The van der Waals surface area contributed by atoms with Gasteiger partial charge in [0.2, 0.25) is 0 Å². The average Bonchev–Trinajstić information content (AvgIpc) is 3.40. The maximum absolute atomic E-state index is 5.92. The molecule has 1 aliphatic heterocycles. The van der Waals surface area contributed by atoms with Crippen molar-refractivity contribution in [3.8, 4) is 11.4 Å². The minimum atomic E-state index is 0.375. The van der Waals surface area contributed by atoms with E-state index in [-0.39, 0.29) is 0 Å². The minimum absolute atomic E-state index is 0.375. The lowest BCUT2D eigenvalue weighted by Gasteiger charge is -2.06. The van der Waals surface area contributed by atoms with Crippen LogP contribution in [-0.4, -0.2) is 53.5 Å². The monoisotopic (exact) mass is 376 g/mol. The first-order valence-electron chi connectivity index (χ1n) is 8.63. The van der Waals surface area contributed by atoms with Gasteiger partial charge in [-0.2, -0.15) is 9.78 Å². The maximum Gasteiger partial charge on any atom is 0.313 e. The molecule has 5 heterocycles. The molecule has 0 amide bonds. The number of nitrogens with zero attached hydrogens (tertiary/aromatic N) is 8. The van der Waals surface area contributed by atoms with Crippen molar-refractivity contribution in [1.82, 2.24) is 34.3 Å². The summed E-state index contributed by atoms with van der Waals surface area (Å²) in [7, 11) is 0. The zero-order valence-electron chi connectivity index (χ0n) is 14.9. The van der Waals surface area contributed by atoms with Gasteiger partial charge in [0, 0.05) is 24.5 Å². The molecule has 0 aromatic carbocycles. The molecule has 140 valence electrons. The molecule has 0 fully saturated rings. The van der Waals surface area contributed by atoms with Crippen molar-refractivity contribution in [2.75, 3.05) is 24.2 Å². The quantitative estimate of drug-likeness (QED) is 0.546. The molecule has 0 aliphatic carbocycles. The number of aliphatic imine (C=N–C) groups is 1. The van der Waals surface area contributed by atoms with E-state index in [1.54, 1.807) is 34.6 Å². The van der Waals surface area contributed by atoms with E-state index in [4.69, 9.17) is 10.5 Å². The van der Waals surface area contributed by atoms with Crippen LogP contribution >= 0.6 is 0 Å². The second-order valence-electron chi connectivity index (χ2n) is 6.11. The van der Waals surface area contributed by atoms with E-state index in [1.165, 1.54) is 0 Å². The Morgan fingerprint density at radius 1 is 1.21 bits per heavy atom. The van der Waals surface area contributed by atoms with E-state index in [2.05, 4.69) is 35.5 Å². The first kappa shape index (κ1) is 16.2. The summed E-state index contributed by atoms with van der Waals surface area (Å²) in [5.41, 5.74) is 7.86. The van der Waals surface area contributed by atoms with Gasteiger partial charge in [-0.3, -0.25) is 0 Å². The van der Waals surface area contributed by atoms with E-state index >= 15 is 0 Å². The van der Waals surface area contributed by atoms with Gasteiger partial charge in [-0.15, -0.1) is 5.10 Å². The molecule has 28 heavy (non-hydrogen) atoms. The zero-order chi connectivity index (χ0) is 19.1. The third-order valence-electron chi connectivity index (χ3n) is 4.09. The topological polar surface area (TPSA) is 133 Å². The van der Waals surface area contributed by atoms with Crippen LogP contribution in [0.1, 0.15) is 5.82 Å². The Hall–Kier alpha value is -4.02. The van der Waals surface area contributed by atoms with Crippen molar-refractivity contribution >= 4 is 29.1 Å². The molecular weight excluding hydrogens is 360 g/mol. The maximum atomic E-state index is 5.92. The van der Waals surface area contributed by atoms with Crippen molar-refractivity contribution in [2.24, 2.45) is 4.99 Å². The standard InChI is InChI=1S/C17H16N10O/c1-10-21-11(9-12(18)22-10)15-16(24-14-3-2-5-20-27(14)15)23-13-4-7-26(25-13)17-19-6-8-28-17/h2-5,7,9H,6,8H2,1H3,(H,23,25)(H2,18,21,22). The second kappa shape index (κ2) is 6.30. The van der Waals surface area contributed by atoms with Crippen molar-refractivity contribution in [3.05, 3.63) is 42.5 Å². The van der Waals surface area contributed by atoms with Crippen LogP contribution in [0.4, 0.5) is 17.5 Å². The highest BCUT2D eigenvalue weighted by Gasteiger charge is 2.19. The normalized spacial score (nSPS) is 13.5. The Morgan fingerprint density at radius 2 is 2.14 bits per heavy atom. The summed E-state index contributed by atoms with van der Waals surface area (Å²) in [5.74, 6) is 2.07. The Balaban J connectivity index is 1.59. The number of anilines is 3. The smallest absolute Gasteiger partial charge is 0.313 e. The molecule has 0 spiro atoms. The number of nitrogens with two attached hydrogens (primary N) is 1. The number of nitrogens with one attached hydrogen (secondary N) is 1. The number of fused-ring (bicyclic) bond motifs is 1. The summed E-state index contributed by atoms with van der Waals surface area (Å²) in [6.45, 7) is 2.98. The predicted octanol–water partition coefficient (Wildman–Crippen LogP) is 1.25. The fourth-order valence-electron chi connectivity index (χ4n) is 3.00. The molecule has 0 unspecified atom stereocenters. The number of ether oxygens (including phenoxy) is 1. The average molecular weight is 376 g/mol. The summed E-state index contributed by atoms with van der Waals surface area (Å²) in [5, 5.41) is 12.1. The molecule has 0 atom stereocenters. The van der Waals surface area contributed by atoms with E-state index in [1.807, 2.05) is 18.2 Å². The lowest BCUT2D eigenvalue weighted by molar-refractivity contribution is 0.330. The van der Waals surface area contributed by atoms with Gasteiger partial charge in [0.15, 0.2) is 17.3 Å². The van der Waals surface area contributed by atoms with Gasteiger partial charge in [0.25, 0.3) is 0 Å². The van der Waals surface area contributed by atoms with Gasteiger partial charge in [-0.25, -0.2) is 24.5 Å². The summed E-state index contributed by atoms with van der Waals surface area (Å²) in [6, 6.07) is 7.66. The lowest BCUT2D eigenvalue weighted by Crippen LogP contribution is -2.12. The number of aryl methyl sites for hydroxylation is 1. The van der Waals surface area contributed by atoms with Gasteiger partial charge in [-0.05, 0) is 19.1 Å². The second-order valence-corrected chi connectivity index (χ2v) is 6.11. The van der Waals surface area contributed by atoms with Crippen LogP contribution in [0.15, 0.2) is 41.7 Å². The number of nitrogen functional groups attached to an aromatic ring is 1. The van der Waals surface area contributed by atoms with Crippen molar-refractivity contribution in [2.45, 2.75) is 6.92 Å². The third-order valence-corrected chi connectivity index (χ3v) is 4.09. The van der Waals surface area contributed by atoms with Gasteiger partial charge >= 0.3 is 6.02 Å². The molecule has 0 radical (unpaired) electrons. The molecule has 0 saturated heterocycles. The molecule has 11 heteroatoms. The summed E-state index contributed by atoms with van der Waals surface area (Å²) in [6.07, 6.45) is 3.46. The van der Waals surface area contributed by atoms with Gasteiger partial charge in [0.1, 0.15) is 23.9 Å². The highest BCUT2D eigenvalue weighted by molar-refractivity contribution is 5.79. The fourth-order valence-corrected chi connectivity index (χ4v) is 3.00. The number of rotatable bonds is 3. The van der Waals surface area contributed by atoms with Crippen molar-refractivity contribution in [3.63, 3.8) is 0 Å². The van der Waals surface area contributed by atoms with Gasteiger partial charge in [0.05, 0.1) is 12.2 Å². The Morgan fingerprint density at radius 3 is 2.96 bits per heavy atom. The predicted molar refractivity (Wildman–Crippen MR) is 102 cm³/mol.